The SMILES string of the molecule is CCCCCCCCCCCCI.[NaH]. The van der Waals surface area contributed by atoms with E-state index in [1.54, 1.807) is 0 Å². The summed E-state index contributed by atoms with van der Waals surface area (Å²) in [6, 6.07) is 0. The minimum atomic E-state index is 0. The van der Waals surface area contributed by atoms with Crippen molar-refractivity contribution in [1.29, 1.82) is 0 Å². The van der Waals surface area contributed by atoms with Crippen molar-refractivity contribution in [1.82, 2.24) is 0 Å². The number of alkyl halides is 1. The fourth-order valence-electron chi connectivity index (χ4n) is 1.58. The summed E-state index contributed by atoms with van der Waals surface area (Å²) in [6.45, 7) is 2.28. The predicted octanol–water partition coefficient (Wildman–Crippen LogP) is 4.69. The van der Waals surface area contributed by atoms with Gasteiger partial charge in [0.15, 0.2) is 0 Å². The van der Waals surface area contributed by atoms with Gasteiger partial charge in [0.25, 0.3) is 0 Å². The predicted molar refractivity (Wildman–Crippen MR) is 77.9 cm³/mol. The summed E-state index contributed by atoms with van der Waals surface area (Å²) in [5, 5.41) is 0. The van der Waals surface area contributed by atoms with Gasteiger partial charge in [0.05, 0.1) is 0 Å². The fraction of sp³-hybridized carbons (Fsp3) is 1.00. The number of hydrogen-bond donors (Lipinski definition) is 0. The Morgan fingerprint density at radius 1 is 0.643 bits per heavy atom. The first kappa shape index (κ1) is 18.1. The Morgan fingerprint density at radius 2 is 1.00 bits per heavy atom. The molecule has 0 aliphatic heterocycles. The van der Waals surface area contributed by atoms with Gasteiger partial charge >= 0.3 is 29.6 Å². The Morgan fingerprint density at radius 3 is 1.36 bits per heavy atom. The minimum absolute atomic E-state index is 0. The Bertz CT molecular complexity index is 76.4. The van der Waals surface area contributed by atoms with Crippen molar-refractivity contribution in [2.45, 2.75) is 71.1 Å². The molecular weight excluding hydrogens is 294 g/mol. The summed E-state index contributed by atoms with van der Waals surface area (Å²) >= 11 is 2.47. The van der Waals surface area contributed by atoms with Crippen molar-refractivity contribution in [2.75, 3.05) is 4.43 Å². The first-order valence-electron chi connectivity index (χ1n) is 5.97. The van der Waals surface area contributed by atoms with Crippen molar-refractivity contribution < 1.29 is 0 Å². The van der Waals surface area contributed by atoms with Gasteiger partial charge in [-0.15, -0.1) is 0 Å². The Kier molecular flexibility index (Phi) is 22.2. The molecule has 0 radical (unpaired) electrons. The van der Waals surface area contributed by atoms with Crippen LogP contribution >= 0.6 is 22.6 Å². The van der Waals surface area contributed by atoms with Crippen LogP contribution in [0.5, 0.6) is 0 Å². The zero-order chi connectivity index (χ0) is 9.78. The number of unbranched alkanes of at least 4 members (excludes halogenated alkanes) is 9. The summed E-state index contributed by atoms with van der Waals surface area (Å²) < 4.78 is 1.34. The molecule has 0 aliphatic rings. The van der Waals surface area contributed by atoms with Crippen LogP contribution in [-0.4, -0.2) is 34.0 Å². The standard InChI is InChI=1S/C12H25I.Na.H/c1-2-3-4-5-6-7-8-9-10-11-12-13;;/h2-12H2,1H3;;. The normalized spacial score (nSPS) is 9.86. The first-order chi connectivity index (χ1) is 6.41. The van der Waals surface area contributed by atoms with E-state index in [0.29, 0.717) is 0 Å². The summed E-state index contributed by atoms with van der Waals surface area (Å²) in [5.41, 5.74) is 0. The molecule has 0 unspecified atom stereocenters. The molecule has 0 nitrogen and oxygen atoms in total. The van der Waals surface area contributed by atoms with Gasteiger partial charge in [-0.3, -0.25) is 0 Å². The van der Waals surface area contributed by atoms with Gasteiger partial charge in [-0.2, -0.15) is 0 Å². The number of halogens is 1. The molecule has 14 heavy (non-hydrogen) atoms. The average molecular weight is 320 g/mol. The van der Waals surface area contributed by atoms with Crippen LogP contribution in [0.4, 0.5) is 0 Å². The van der Waals surface area contributed by atoms with Crippen LogP contribution in [0.15, 0.2) is 0 Å². The van der Waals surface area contributed by atoms with Crippen molar-refractivity contribution in [2.24, 2.45) is 0 Å². The maximum atomic E-state index is 2.47. The third kappa shape index (κ3) is 16.2. The summed E-state index contributed by atoms with van der Waals surface area (Å²) in [5.74, 6) is 0. The van der Waals surface area contributed by atoms with Crippen molar-refractivity contribution in [3.05, 3.63) is 0 Å². The Labute approximate surface area is 126 Å². The second kappa shape index (κ2) is 17.1. The van der Waals surface area contributed by atoms with Gasteiger partial charge in [-0.1, -0.05) is 87.3 Å². The molecule has 0 aliphatic carbocycles. The number of hydrogen-bond acceptors (Lipinski definition) is 0. The molecule has 0 aromatic heterocycles. The molecule has 0 saturated carbocycles. The van der Waals surface area contributed by atoms with E-state index in [0.717, 1.165) is 0 Å². The van der Waals surface area contributed by atoms with Gasteiger partial charge in [-0.05, 0) is 10.8 Å². The molecule has 0 bridgehead atoms. The molecule has 0 rings (SSSR count). The van der Waals surface area contributed by atoms with E-state index in [9.17, 15) is 0 Å². The summed E-state index contributed by atoms with van der Waals surface area (Å²) in [6.07, 6.45) is 14.5. The molecular formula is C12H26INa. The van der Waals surface area contributed by atoms with Crippen LogP contribution in [0.3, 0.4) is 0 Å². The monoisotopic (exact) mass is 320 g/mol. The molecule has 0 heterocycles. The second-order valence-corrected chi connectivity index (χ2v) is 4.95. The Hall–Kier alpha value is 1.73. The van der Waals surface area contributed by atoms with Gasteiger partial charge in [0, 0.05) is 0 Å². The Balaban J connectivity index is 0. The molecule has 2 heteroatoms. The molecule has 0 amide bonds. The zero-order valence-electron chi connectivity index (χ0n) is 9.16. The molecule has 0 fully saturated rings. The van der Waals surface area contributed by atoms with Gasteiger partial charge in [0.2, 0.25) is 0 Å². The molecule has 82 valence electrons. The van der Waals surface area contributed by atoms with Crippen LogP contribution in [0, 0.1) is 0 Å². The van der Waals surface area contributed by atoms with Crippen LogP contribution < -0.4 is 0 Å². The third-order valence-electron chi connectivity index (χ3n) is 2.49. The molecule has 0 aromatic carbocycles. The third-order valence-corrected chi connectivity index (χ3v) is 3.25. The van der Waals surface area contributed by atoms with Crippen molar-refractivity contribution in [3.63, 3.8) is 0 Å². The van der Waals surface area contributed by atoms with Gasteiger partial charge in [0.1, 0.15) is 0 Å². The first-order valence-corrected chi connectivity index (χ1v) is 7.50. The topological polar surface area (TPSA) is 0 Å². The van der Waals surface area contributed by atoms with E-state index in [1.165, 1.54) is 68.6 Å². The molecule has 0 atom stereocenters. The summed E-state index contributed by atoms with van der Waals surface area (Å²) in [7, 11) is 0. The van der Waals surface area contributed by atoms with Crippen LogP contribution in [0.1, 0.15) is 71.1 Å². The van der Waals surface area contributed by atoms with E-state index in [1.807, 2.05) is 0 Å². The van der Waals surface area contributed by atoms with Crippen molar-refractivity contribution >= 4 is 52.1 Å². The second-order valence-electron chi connectivity index (χ2n) is 3.87. The summed E-state index contributed by atoms with van der Waals surface area (Å²) in [4.78, 5) is 0. The van der Waals surface area contributed by atoms with Crippen LogP contribution in [0.2, 0.25) is 0 Å². The molecule has 0 spiro atoms. The van der Waals surface area contributed by atoms with E-state index >= 15 is 0 Å². The van der Waals surface area contributed by atoms with Crippen LogP contribution in [0.25, 0.3) is 0 Å². The molecule has 0 saturated heterocycles. The average Bonchev–Trinajstić information content (AvgIpc) is 2.16. The van der Waals surface area contributed by atoms with Crippen LogP contribution in [-0.2, 0) is 0 Å². The maximum absolute atomic E-state index is 2.47. The van der Waals surface area contributed by atoms with Gasteiger partial charge in [-0.25, -0.2) is 0 Å². The van der Waals surface area contributed by atoms with Crippen molar-refractivity contribution in [3.8, 4) is 0 Å². The quantitative estimate of drug-likeness (QED) is 0.237. The molecule has 0 aromatic rings. The van der Waals surface area contributed by atoms with Gasteiger partial charge < -0.3 is 0 Å². The van der Waals surface area contributed by atoms with E-state index in [2.05, 4.69) is 29.5 Å². The molecule has 0 N–H and O–H groups in total. The van der Waals surface area contributed by atoms with E-state index < -0.39 is 0 Å². The van der Waals surface area contributed by atoms with E-state index in [4.69, 9.17) is 0 Å². The number of rotatable bonds is 10. The van der Waals surface area contributed by atoms with E-state index in [-0.39, 0.29) is 29.6 Å². The zero-order valence-corrected chi connectivity index (χ0v) is 11.3. The fourth-order valence-corrected chi connectivity index (χ4v) is 2.12.